The third-order valence-corrected chi connectivity index (χ3v) is 4.45. The van der Waals surface area contributed by atoms with Gasteiger partial charge < -0.3 is 8.83 Å². The molecule has 2 aromatic heterocycles. The molecule has 5 nitrogen and oxygen atoms in total. The Labute approximate surface area is 170 Å². The monoisotopic (exact) mass is 396 g/mol. The topological polar surface area (TPSA) is 77.5 Å². The zero-order valence-corrected chi connectivity index (χ0v) is 15.8. The van der Waals surface area contributed by atoms with Gasteiger partial charge in [-0.3, -0.25) is 4.79 Å². The molecule has 146 valence electrons. The van der Waals surface area contributed by atoms with Crippen LogP contribution in [0.2, 0.25) is 0 Å². The van der Waals surface area contributed by atoms with Crippen LogP contribution in [0.5, 0.6) is 0 Å². The molecule has 0 aliphatic carbocycles. The Kier molecular flexibility index (Phi) is 5.35. The van der Waals surface area contributed by atoms with Crippen molar-refractivity contribution < 1.29 is 13.6 Å². The Bertz CT molecular complexity index is 1450. The van der Waals surface area contributed by atoms with Crippen LogP contribution in [-0.4, -0.2) is 5.78 Å². The Morgan fingerprint density at radius 1 is 0.600 bits per heavy atom. The van der Waals surface area contributed by atoms with Crippen molar-refractivity contribution >= 4 is 27.7 Å². The molecule has 0 unspecified atom stereocenters. The lowest BCUT2D eigenvalue weighted by molar-refractivity contribution is 0.103. The first-order valence-corrected chi connectivity index (χ1v) is 9.23. The smallest absolute Gasteiger partial charge is 0.347 e. The minimum atomic E-state index is -0.604. The summed E-state index contributed by atoms with van der Waals surface area (Å²) in [4.78, 5) is 34.8. The molecule has 2 heterocycles. The van der Waals surface area contributed by atoms with E-state index in [2.05, 4.69) is 0 Å². The normalized spacial score (nSPS) is 10.4. The van der Waals surface area contributed by atoms with E-state index in [0.717, 1.165) is 10.8 Å². The van der Waals surface area contributed by atoms with Crippen LogP contribution in [0.4, 0.5) is 0 Å². The fraction of sp³-hybridized carbons (Fsp3) is 0. The second-order valence-corrected chi connectivity index (χ2v) is 6.47. The number of hydrogen-bond donors (Lipinski definition) is 0. The van der Waals surface area contributed by atoms with Gasteiger partial charge in [0.25, 0.3) is 0 Å². The van der Waals surface area contributed by atoms with Crippen molar-refractivity contribution in [2.75, 3.05) is 0 Å². The summed E-state index contributed by atoms with van der Waals surface area (Å²) in [5, 5.41) is 1.69. The zero-order valence-electron chi connectivity index (χ0n) is 15.8. The van der Waals surface area contributed by atoms with E-state index in [0.29, 0.717) is 16.7 Å². The fourth-order valence-electron chi connectivity index (χ4n) is 2.98. The summed E-state index contributed by atoms with van der Waals surface area (Å²) in [6.45, 7) is 0. The van der Waals surface area contributed by atoms with Crippen LogP contribution >= 0.6 is 0 Å². The number of rotatable bonds is 2. The molecule has 0 bridgehead atoms. The highest BCUT2D eigenvalue weighted by Crippen LogP contribution is 2.15. The van der Waals surface area contributed by atoms with Crippen molar-refractivity contribution in [1.29, 1.82) is 0 Å². The summed E-state index contributed by atoms with van der Waals surface area (Å²) < 4.78 is 10.1. The van der Waals surface area contributed by atoms with Crippen molar-refractivity contribution in [1.82, 2.24) is 0 Å². The second kappa shape index (κ2) is 8.41. The summed E-state index contributed by atoms with van der Waals surface area (Å²) in [5.74, 6) is -0.319. The van der Waals surface area contributed by atoms with Gasteiger partial charge in [0.05, 0.1) is 0 Å². The van der Waals surface area contributed by atoms with Crippen LogP contribution in [0.1, 0.15) is 15.9 Å². The van der Waals surface area contributed by atoms with Crippen molar-refractivity contribution in [2.24, 2.45) is 0 Å². The molecule has 0 radical (unpaired) electrons. The van der Waals surface area contributed by atoms with Crippen molar-refractivity contribution in [2.45, 2.75) is 0 Å². The molecule has 5 rings (SSSR count). The summed E-state index contributed by atoms with van der Waals surface area (Å²) in [7, 11) is 0. The van der Waals surface area contributed by atoms with Gasteiger partial charge in [0.15, 0.2) is 5.78 Å². The van der Waals surface area contributed by atoms with Crippen molar-refractivity contribution in [3.8, 4) is 0 Å². The van der Waals surface area contributed by atoms with E-state index in [1.165, 1.54) is 6.07 Å². The van der Waals surface area contributed by atoms with Gasteiger partial charge in [0.1, 0.15) is 16.7 Å². The first-order chi connectivity index (χ1) is 14.6. The maximum absolute atomic E-state index is 12.3. The molecule has 0 N–H and O–H groups in total. The highest BCUT2D eigenvalue weighted by Gasteiger charge is 2.15. The molecule has 0 amide bonds. The molecular weight excluding hydrogens is 380 g/mol. The number of benzene rings is 3. The van der Waals surface area contributed by atoms with Gasteiger partial charge in [0, 0.05) is 22.4 Å². The Balaban J connectivity index is 0.000000168. The average Bonchev–Trinajstić information content (AvgIpc) is 2.79. The predicted octanol–water partition coefficient (Wildman–Crippen LogP) is 4.82. The van der Waals surface area contributed by atoms with Crippen LogP contribution in [0.15, 0.2) is 115 Å². The largest absolute Gasteiger partial charge is 0.423 e. The summed E-state index contributed by atoms with van der Waals surface area (Å²) in [6.07, 6.45) is 0. The van der Waals surface area contributed by atoms with Crippen LogP contribution in [0, 0.1) is 0 Å². The number of fused-ring (bicyclic) bond motifs is 2. The minimum Gasteiger partial charge on any atom is -0.423 e. The van der Waals surface area contributed by atoms with Gasteiger partial charge in [-0.05, 0) is 24.3 Å². The van der Waals surface area contributed by atoms with E-state index < -0.39 is 5.63 Å². The maximum Gasteiger partial charge on any atom is 0.347 e. The van der Waals surface area contributed by atoms with Gasteiger partial charge in [0.2, 0.25) is 0 Å². The first-order valence-electron chi connectivity index (χ1n) is 9.23. The highest BCUT2D eigenvalue weighted by atomic mass is 16.4. The van der Waals surface area contributed by atoms with E-state index in [1.807, 2.05) is 30.3 Å². The molecule has 3 aromatic carbocycles. The van der Waals surface area contributed by atoms with E-state index in [-0.39, 0.29) is 17.0 Å². The molecule has 0 saturated carbocycles. The number of ketones is 1. The second-order valence-electron chi connectivity index (χ2n) is 6.47. The highest BCUT2D eigenvalue weighted by molar-refractivity contribution is 6.09. The molecule has 0 aliphatic rings. The molecule has 0 fully saturated rings. The van der Waals surface area contributed by atoms with E-state index in [1.54, 1.807) is 60.7 Å². The standard InChI is InChI=1S/C16H10O3.C9H6O2/c17-15(11-6-2-1-3-7-11)13-10-12-8-4-5-9-14(12)19-16(13)18;10-9-6-5-7-3-1-2-4-8(7)11-9/h1-10H;1-6H. The molecule has 5 heteroatoms. The van der Waals surface area contributed by atoms with Crippen LogP contribution < -0.4 is 11.3 Å². The predicted molar refractivity (Wildman–Crippen MR) is 115 cm³/mol. The van der Waals surface area contributed by atoms with Crippen molar-refractivity contribution in [3.05, 3.63) is 129 Å². The van der Waals surface area contributed by atoms with Gasteiger partial charge in [-0.25, -0.2) is 9.59 Å². The van der Waals surface area contributed by atoms with E-state index >= 15 is 0 Å². The van der Waals surface area contributed by atoms with E-state index in [4.69, 9.17) is 8.83 Å². The van der Waals surface area contributed by atoms with Gasteiger partial charge in [-0.15, -0.1) is 0 Å². The van der Waals surface area contributed by atoms with Gasteiger partial charge in [-0.1, -0.05) is 66.7 Å². The lowest BCUT2D eigenvalue weighted by Crippen LogP contribution is -2.14. The number of carbonyl (C=O) groups is 1. The zero-order chi connectivity index (χ0) is 20.9. The lowest BCUT2D eigenvalue weighted by atomic mass is 10.0. The summed E-state index contributed by atoms with van der Waals surface area (Å²) in [5.41, 5.74) is 0.753. The van der Waals surface area contributed by atoms with Crippen LogP contribution in [0.25, 0.3) is 21.9 Å². The fourth-order valence-corrected chi connectivity index (χ4v) is 2.98. The molecule has 30 heavy (non-hydrogen) atoms. The van der Waals surface area contributed by atoms with Gasteiger partial charge in [-0.2, -0.15) is 0 Å². The SMILES string of the molecule is O=C(c1ccccc1)c1cc2ccccc2oc1=O.O=c1ccc2ccccc2o1. The van der Waals surface area contributed by atoms with Crippen LogP contribution in [0.3, 0.4) is 0 Å². The van der Waals surface area contributed by atoms with Crippen LogP contribution in [-0.2, 0) is 0 Å². The summed E-state index contributed by atoms with van der Waals surface area (Å²) >= 11 is 0. The third-order valence-electron chi connectivity index (χ3n) is 4.45. The molecule has 0 saturated heterocycles. The lowest BCUT2D eigenvalue weighted by Gasteiger charge is -2.01. The Hall–Kier alpha value is -4.25. The molecule has 5 aromatic rings. The molecule has 0 spiro atoms. The number of para-hydroxylation sites is 2. The molecule has 0 atom stereocenters. The molecular formula is C25H16O5. The van der Waals surface area contributed by atoms with Gasteiger partial charge >= 0.3 is 11.3 Å². The third kappa shape index (κ3) is 4.10. The first kappa shape index (κ1) is 19.1. The quantitative estimate of drug-likeness (QED) is 0.316. The summed E-state index contributed by atoms with van der Waals surface area (Å²) in [6, 6.07) is 28.0. The number of hydrogen-bond acceptors (Lipinski definition) is 5. The Morgan fingerprint density at radius 2 is 1.20 bits per heavy atom. The average molecular weight is 396 g/mol. The number of carbonyl (C=O) groups excluding carboxylic acids is 1. The maximum atomic E-state index is 12.3. The van der Waals surface area contributed by atoms with Crippen molar-refractivity contribution in [3.63, 3.8) is 0 Å². The Morgan fingerprint density at radius 3 is 1.93 bits per heavy atom. The minimum absolute atomic E-state index is 0.0601. The van der Waals surface area contributed by atoms with E-state index in [9.17, 15) is 14.4 Å². The molecule has 0 aliphatic heterocycles.